The van der Waals surface area contributed by atoms with Gasteiger partial charge in [0.25, 0.3) is 5.91 Å². The van der Waals surface area contributed by atoms with Crippen molar-refractivity contribution in [2.45, 2.75) is 58.7 Å². The van der Waals surface area contributed by atoms with E-state index in [-0.39, 0.29) is 17.9 Å². The van der Waals surface area contributed by atoms with Crippen molar-refractivity contribution in [3.8, 4) is 10.4 Å². The van der Waals surface area contributed by atoms with Crippen molar-refractivity contribution in [1.29, 1.82) is 0 Å². The van der Waals surface area contributed by atoms with Crippen LogP contribution in [0.5, 0.6) is 0 Å². The highest BCUT2D eigenvalue weighted by molar-refractivity contribution is 7.21. The summed E-state index contributed by atoms with van der Waals surface area (Å²) < 4.78 is 8.64. The maximum atomic E-state index is 13.3. The number of amides is 2. The zero-order chi connectivity index (χ0) is 27.5. The maximum Gasteiger partial charge on any atom is 0.260 e. The number of hydrogen-bond acceptors (Lipinski definition) is 8. The Labute approximate surface area is 231 Å². The number of fused-ring (bicyclic) bond motifs is 1. The van der Waals surface area contributed by atoms with Gasteiger partial charge in [0.2, 0.25) is 5.91 Å². The number of aromatic nitrogens is 5. The first-order valence-corrected chi connectivity index (χ1v) is 14.0. The summed E-state index contributed by atoms with van der Waals surface area (Å²) in [7, 11) is 1.66. The normalized spacial score (nSPS) is 15.9. The van der Waals surface area contributed by atoms with Crippen LogP contribution in [-0.4, -0.2) is 73.4 Å². The molecule has 206 valence electrons. The summed E-state index contributed by atoms with van der Waals surface area (Å²) in [4.78, 5) is 34.5. The van der Waals surface area contributed by atoms with E-state index in [1.54, 1.807) is 36.3 Å². The number of ether oxygens (including phenoxy) is 1. The maximum absolute atomic E-state index is 13.3. The van der Waals surface area contributed by atoms with E-state index in [1.165, 1.54) is 11.3 Å². The Morgan fingerprint density at radius 2 is 2.03 bits per heavy atom. The van der Waals surface area contributed by atoms with Crippen LogP contribution in [0, 0.1) is 6.92 Å². The number of anilines is 2. The lowest BCUT2D eigenvalue weighted by molar-refractivity contribution is -0.117. The second-order valence-electron chi connectivity index (χ2n) is 10.1. The highest BCUT2D eigenvalue weighted by Crippen LogP contribution is 2.31. The number of nitrogens with one attached hydrogen (secondary N) is 2. The molecule has 11 nitrogen and oxygen atoms in total. The summed E-state index contributed by atoms with van der Waals surface area (Å²) in [6.07, 6.45) is 11.4. The van der Waals surface area contributed by atoms with Crippen molar-refractivity contribution in [2.24, 2.45) is 0 Å². The van der Waals surface area contributed by atoms with Gasteiger partial charge in [-0.2, -0.15) is 10.2 Å². The average molecular weight is 551 g/mol. The third-order valence-corrected chi connectivity index (χ3v) is 8.17. The molecule has 0 bridgehead atoms. The van der Waals surface area contributed by atoms with Gasteiger partial charge in [0.05, 0.1) is 59.3 Å². The molecule has 0 spiro atoms. The standard InChI is InChI=1S/C27H34N8O3S/c1-17(2)34-7-5-6-21(34)11-25(36)31-20-10-23(18(3)28-13-20)32-26(37)22-14-30-35-16-24(39-27(22)35)19-12-29-33(15-19)8-9-38-4/h10,12-17,21H,5-9,11H2,1-4H3,(H,31,36)(H,32,37)/t21-/m1/s1. The quantitative estimate of drug-likeness (QED) is 0.306. The number of rotatable bonds is 10. The van der Waals surface area contributed by atoms with E-state index < -0.39 is 0 Å². The van der Waals surface area contributed by atoms with E-state index in [4.69, 9.17) is 4.74 Å². The van der Waals surface area contributed by atoms with Crippen LogP contribution >= 0.6 is 11.3 Å². The van der Waals surface area contributed by atoms with Gasteiger partial charge in [0.15, 0.2) is 0 Å². The molecule has 1 aliphatic rings. The first-order valence-electron chi connectivity index (χ1n) is 13.1. The minimum atomic E-state index is -0.291. The SMILES string of the molecule is COCCn1cc(-c2cn3ncc(C(=O)Nc4cc(NC(=O)C[C@H]5CCCN5C(C)C)cnc4C)c3s2)cn1. The van der Waals surface area contributed by atoms with Crippen molar-refractivity contribution >= 4 is 39.4 Å². The minimum Gasteiger partial charge on any atom is -0.383 e. The number of carbonyl (C=O) groups is 2. The fourth-order valence-corrected chi connectivity index (χ4v) is 6.01. The van der Waals surface area contributed by atoms with Crippen LogP contribution in [0.1, 0.15) is 49.2 Å². The molecule has 5 heterocycles. The lowest BCUT2D eigenvalue weighted by atomic mass is 10.1. The summed E-state index contributed by atoms with van der Waals surface area (Å²) in [6, 6.07) is 2.42. The highest BCUT2D eigenvalue weighted by Gasteiger charge is 2.28. The van der Waals surface area contributed by atoms with Crippen molar-refractivity contribution in [1.82, 2.24) is 29.3 Å². The molecule has 39 heavy (non-hydrogen) atoms. The number of carbonyl (C=O) groups excluding carboxylic acids is 2. The van der Waals surface area contributed by atoms with Gasteiger partial charge in [-0.15, -0.1) is 11.3 Å². The molecule has 0 saturated carbocycles. The smallest absolute Gasteiger partial charge is 0.260 e. The zero-order valence-electron chi connectivity index (χ0n) is 22.7. The summed E-state index contributed by atoms with van der Waals surface area (Å²) in [6.45, 7) is 8.42. The largest absolute Gasteiger partial charge is 0.383 e. The first-order chi connectivity index (χ1) is 18.8. The van der Waals surface area contributed by atoms with Gasteiger partial charge in [-0.3, -0.25) is 24.2 Å². The van der Waals surface area contributed by atoms with Gasteiger partial charge in [-0.25, -0.2) is 4.52 Å². The number of aryl methyl sites for hydroxylation is 1. The van der Waals surface area contributed by atoms with Crippen molar-refractivity contribution in [3.63, 3.8) is 0 Å². The Kier molecular flexibility index (Phi) is 8.05. The number of hydrogen-bond donors (Lipinski definition) is 2. The molecule has 1 atom stereocenters. The molecule has 1 aliphatic heterocycles. The number of methoxy groups -OCH3 is 1. The molecule has 1 fully saturated rings. The number of pyridine rings is 1. The molecule has 0 unspecified atom stereocenters. The molecule has 0 aliphatic carbocycles. The number of thiazole rings is 1. The van der Waals surface area contributed by atoms with E-state index in [2.05, 4.69) is 44.6 Å². The summed E-state index contributed by atoms with van der Waals surface area (Å²) >= 11 is 1.47. The third kappa shape index (κ3) is 6.02. The predicted octanol–water partition coefficient (Wildman–Crippen LogP) is 4.06. The van der Waals surface area contributed by atoms with Crippen molar-refractivity contribution < 1.29 is 14.3 Å². The second-order valence-corrected chi connectivity index (χ2v) is 11.1. The number of nitrogens with zero attached hydrogens (tertiary/aromatic N) is 6. The molecule has 0 radical (unpaired) electrons. The first kappa shape index (κ1) is 27.0. The number of likely N-dealkylation sites (tertiary alicyclic amines) is 1. The Morgan fingerprint density at radius 1 is 1.18 bits per heavy atom. The highest BCUT2D eigenvalue weighted by atomic mass is 32.1. The van der Waals surface area contributed by atoms with Crippen LogP contribution in [0.15, 0.2) is 37.1 Å². The van der Waals surface area contributed by atoms with Gasteiger partial charge in [0, 0.05) is 43.6 Å². The lowest BCUT2D eigenvalue weighted by Gasteiger charge is -2.27. The summed E-state index contributed by atoms with van der Waals surface area (Å²) in [5, 5.41) is 14.7. The Balaban J connectivity index is 1.27. The van der Waals surface area contributed by atoms with Gasteiger partial charge in [0.1, 0.15) is 4.83 Å². The second kappa shape index (κ2) is 11.6. The van der Waals surface area contributed by atoms with E-state index in [9.17, 15) is 9.59 Å². The van der Waals surface area contributed by atoms with Gasteiger partial charge < -0.3 is 15.4 Å². The molecule has 0 aromatic carbocycles. The molecule has 1 saturated heterocycles. The molecule has 4 aromatic heterocycles. The van der Waals surface area contributed by atoms with Gasteiger partial charge >= 0.3 is 0 Å². The van der Waals surface area contributed by atoms with Crippen LogP contribution in [0.2, 0.25) is 0 Å². The zero-order valence-corrected chi connectivity index (χ0v) is 23.5. The van der Waals surface area contributed by atoms with E-state index >= 15 is 0 Å². The Bertz CT molecular complexity index is 1470. The van der Waals surface area contributed by atoms with Crippen molar-refractivity contribution in [2.75, 3.05) is 30.9 Å². The fourth-order valence-electron chi connectivity index (χ4n) is 4.97. The lowest BCUT2D eigenvalue weighted by Crippen LogP contribution is -2.37. The molecule has 2 N–H and O–H groups in total. The molecular weight excluding hydrogens is 516 g/mol. The molecule has 12 heteroatoms. The van der Waals surface area contributed by atoms with E-state index in [0.717, 1.165) is 34.7 Å². The molecular formula is C27H34N8O3S. The summed E-state index contributed by atoms with van der Waals surface area (Å²) in [5.41, 5.74) is 3.16. The Morgan fingerprint density at radius 3 is 2.82 bits per heavy atom. The average Bonchev–Trinajstić information content (AvgIpc) is 3.68. The topological polar surface area (TPSA) is 119 Å². The predicted molar refractivity (Wildman–Crippen MR) is 151 cm³/mol. The Hall–Kier alpha value is -3.61. The molecule has 5 rings (SSSR count). The van der Waals surface area contributed by atoms with Crippen LogP contribution in [-0.2, 0) is 16.1 Å². The molecule has 4 aromatic rings. The third-order valence-electron chi connectivity index (χ3n) is 7.01. The monoisotopic (exact) mass is 550 g/mol. The van der Waals surface area contributed by atoms with E-state index in [0.29, 0.717) is 48.2 Å². The van der Waals surface area contributed by atoms with Crippen LogP contribution in [0.4, 0.5) is 11.4 Å². The van der Waals surface area contributed by atoms with E-state index in [1.807, 2.05) is 24.0 Å². The summed E-state index contributed by atoms with van der Waals surface area (Å²) in [5.74, 6) is -0.341. The fraction of sp³-hybridized carbons (Fsp3) is 0.444. The van der Waals surface area contributed by atoms with Crippen LogP contribution in [0.25, 0.3) is 15.3 Å². The van der Waals surface area contributed by atoms with Crippen LogP contribution in [0.3, 0.4) is 0 Å². The molecule has 2 amide bonds. The van der Waals surface area contributed by atoms with Crippen molar-refractivity contribution in [3.05, 3.63) is 48.3 Å². The van der Waals surface area contributed by atoms with Crippen LogP contribution < -0.4 is 10.6 Å². The van der Waals surface area contributed by atoms with Gasteiger partial charge in [-0.1, -0.05) is 0 Å². The minimum absolute atomic E-state index is 0.0505. The van der Waals surface area contributed by atoms with Gasteiger partial charge in [-0.05, 0) is 46.2 Å².